The molecule has 10 atom stereocenters. The second-order valence-electron chi connectivity index (χ2n) is 28.7. The molecule has 1 saturated heterocycles. The third-order valence-electron chi connectivity index (χ3n) is 23.6. The molecule has 12 rings (SSSR count). The minimum absolute atomic E-state index is 0.0117. The van der Waals surface area contributed by atoms with Gasteiger partial charge in [0.25, 0.3) is 0 Å². The minimum Gasteiger partial charge on any atom is -0.463 e. The Balaban J connectivity index is 1.12. The molecule has 12 aliphatic rings. The summed E-state index contributed by atoms with van der Waals surface area (Å²) in [7, 11) is 0. The number of carbonyl (C=O) groups is 7. The van der Waals surface area contributed by atoms with E-state index in [2.05, 4.69) is 10.5 Å². The molecule has 0 radical (unpaired) electrons. The normalized spacial score (nSPS) is 38.5. The first-order chi connectivity index (χ1) is 37.0. The van der Waals surface area contributed by atoms with Crippen molar-refractivity contribution < 1.29 is 76.7 Å². The number of nitrogens with one attached hydrogen (secondary N) is 1. The van der Waals surface area contributed by atoms with Gasteiger partial charge in [0.15, 0.2) is 0 Å². The molecule has 1 amide bonds. The van der Waals surface area contributed by atoms with Crippen molar-refractivity contribution in [3.63, 3.8) is 0 Å². The number of rotatable bonds is 21. The fourth-order valence-electron chi connectivity index (χ4n) is 18.6. The Bertz CT molecular complexity index is 2450. The molecule has 10 unspecified atom stereocenters. The lowest BCUT2D eigenvalue weighted by atomic mass is 9.40. The number of ether oxygens (including phenoxy) is 7. The number of carbonyl (C=O) groups excluding carboxylic acids is 7. The molecule has 10 bridgehead atoms. The summed E-state index contributed by atoms with van der Waals surface area (Å²) in [4.78, 5) is 113. The second-order valence-corrected chi connectivity index (χ2v) is 28.7. The summed E-state index contributed by atoms with van der Waals surface area (Å²) < 4.78 is 46.1. The molecule has 0 spiro atoms. The smallest absolute Gasteiger partial charge is 0.433 e. The fourth-order valence-corrected chi connectivity index (χ4v) is 18.6. The molecular weight excluding hydrogens is 1020 g/mol. The SMILES string of the molecule is CC/C(C)=N/OC(=O)NCCOC(=O)C(C)(C(C)(C(=O)OC1C2CC3C(=O)OC1C3C2)C(C)(C)C(=O)OC12CC3CC(CC(OCCO)(C3)C1)C2)C(C)(C(=O)OC1(C)C2CC3CC(C2)CC1C3)C(C)(C)C(=O)OC1(C)CCCC1. The average molecular weight is 1110 g/mol. The summed E-state index contributed by atoms with van der Waals surface area (Å²) in [6.07, 6.45) is 10.0. The van der Waals surface area contributed by atoms with Crippen molar-refractivity contribution in [1.29, 1.82) is 0 Å². The molecule has 0 aromatic rings. The van der Waals surface area contributed by atoms with Crippen LogP contribution in [0.3, 0.4) is 0 Å². The van der Waals surface area contributed by atoms with Crippen molar-refractivity contribution in [2.75, 3.05) is 26.4 Å². The van der Waals surface area contributed by atoms with Crippen LogP contribution in [0.5, 0.6) is 0 Å². The van der Waals surface area contributed by atoms with Crippen LogP contribution in [0.1, 0.15) is 192 Å². The van der Waals surface area contributed by atoms with E-state index in [9.17, 15) is 14.7 Å². The lowest BCUT2D eigenvalue weighted by Crippen LogP contribution is -2.73. The van der Waals surface area contributed by atoms with Gasteiger partial charge in [-0.25, -0.2) is 4.79 Å². The molecule has 0 aromatic carbocycles. The summed E-state index contributed by atoms with van der Waals surface area (Å²) in [5, 5.41) is 16.3. The van der Waals surface area contributed by atoms with Gasteiger partial charge >= 0.3 is 41.9 Å². The van der Waals surface area contributed by atoms with Crippen molar-refractivity contribution >= 4 is 47.6 Å². The van der Waals surface area contributed by atoms with Crippen LogP contribution in [-0.2, 0) is 66.8 Å². The first-order valence-corrected chi connectivity index (χ1v) is 30.1. The van der Waals surface area contributed by atoms with Gasteiger partial charge in [0.2, 0.25) is 0 Å². The number of hydrogen-bond acceptors (Lipinski definition) is 17. The average Bonchev–Trinajstić information content (AvgIpc) is 4.20. The van der Waals surface area contributed by atoms with Crippen LogP contribution in [-0.4, -0.2) is 114 Å². The number of nitrogens with zero attached hydrogens (tertiary/aromatic N) is 1. The maximum Gasteiger partial charge on any atom is 0.433 e. The third-order valence-corrected chi connectivity index (χ3v) is 23.6. The quantitative estimate of drug-likeness (QED) is 0.0272. The van der Waals surface area contributed by atoms with Gasteiger partial charge in [-0.3, -0.25) is 33.6 Å². The van der Waals surface area contributed by atoms with Crippen molar-refractivity contribution in [1.82, 2.24) is 5.32 Å². The molecule has 440 valence electrons. The van der Waals surface area contributed by atoms with Crippen molar-refractivity contribution in [2.45, 2.75) is 226 Å². The Morgan fingerprint density at radius 3 is 1.85 bits per heavy atom. The topological polar surface area (TPSA) is 238 Å². The molecule has 79 heavy (non-hydrogen) atoms. The third kappa shape index (κ3) is 9.22. The molecule has 1 aliphatic heterocycles. The molecule has 0 aromatic heterocycles. The van der Waals surface area contributed by atoms with Crippen LogP contribution in [0, 0.1) is 80.3 Å². The summed E-state index contributed by atoms with van der Waals surface area (Å²) >= 11 is 0. The Kier molecular flexibility index (Phi) is 14.8. The Morgan fingerprint density at radius 1 is 0.684 bits per heavy atom. The standard InChI is InChI=1S/C61H90N2O16/c1-12-34(2)63-79-52(71)62-17-19-72-49(68)59(11,58(10,53(3,4)47(66)76-55(7)15-13-14-16-55)51(70)77-56(8)40-23-35-21-36(25-40)26-41(56)24-35)57(9,50(69)75-44-39-27-42-43(28-39)46(65)74-45(42)44)54(5,6)48(67)78-61-31-37-22-38(32-61)30-60(29-37,33-61)73-20-18-64/h35-45,64H,12-33H2,1-11H3,(H,62,71)/b63-34+. The maximum absolute atomic E-state index is 16.7. The van der Waals surface area contributed by atoms with E-state index in [4.69, 9.17) is 38.0 Å². The molecule has 2 N–H and O–H groups in total. The minimum atomic E-state index is -2.62. The highest BCUT2D eigenvalue weighted by atomic mass is 16.7. The lowest BCUT2D eigenvalue weighted by molar-refractivity contribution is -0.259. The van der Waals surface area contributed by atoms with E-state index in [-0.39, 0.29) is 67.2 Å². The van der Waals surface area contributed by atoms with E-state index in [0.29, 0.717) is 68.9 Å². The van der Waals surface area contributed by atoms with Crippen molar-refractivity contribution in [3.8, 4) is 0 Å². The highest BCUT2D eigenvalue weighted by molar-refractivity contribution is 6.01. The van der Waals surface area contributed by atoms with Crippen LogP contribution in [0.2, 0.25) is 0 Å². The van der Waals surface area contributed by atoms with E-state index in [1.807, 2.05) is 20.8 Å². The molecule has 18 heteroatoms. The van der Waals surface area contributed by atoms with E-state index < -0.39 is 104 Å². The summed E-state index contributed by atoms with van der Waals surface area (Å²) in [5.41, 5.74) is -14.8. The summed E-state index contributed by atoms with van der Waals surface area (Å²) in [6, 6.07) is 0. The van der Waals surface area contributed by atoms with Crippen LogP contribution < -0.4 is 5.32 Å². The molecule has 18 nitrogen and oxygen atoms in total. The van der Waals surface area contributed by atoms with Crippen LogP contribution in [0.4, 0.5) is 4.79 Å². The number of hydrogen-bond donors (Lipinski definition) is 2. The zero-order valence-electron chi connectivity index (χ0n) is 48.9. The first-order valence-electron chi connectivity index (χ1n) is 30.1. The van der Waals surface area contributed by atoms with E-state index in [1.54, 1.807) is 20.8 Å². The Labute approximate surface area is 466 Å². The number of aliphatic hydroxyl groups excluding tert-OH is 1. The van der Waals surface area contributed by atoms with Gasteiger partial charge in [-0.15, -0.1) is 0 Å². The number of fused-ring (bicyclic) bond motifs is 1. The first kappa shape index (κ1) is 57.9. The van der Waals surface area contributed by atoms with E-state index >= 15 is 24.0 Å². The number of amides is 1. The Morgan fingerprint density at radius 2 is 1.25 bits per heavy atom. The number of esters is 6. The maximum atomic E-state index is 16.7. The van der Waals surface area contributed by atoms with Crippen molar-refractivity contribution in [3.05, 3.63) is 0 Å². The molecule has 12 fully saturated rings. The van der Waals surface area contributed by atoms with Crippen LogP contribution in [0.15, 0.2) is 5.16 Å². The largest absolute Gasteiger partial charge is 0.463 e. The van der Waals surface area contributed by atoms with Gasteiger partial charge < -0.3 is 43.6 Å². The van der Waals surface area contributed by atoms with Gasteiger partial charge in [0.05, 0.1) is 64.1 Å². The number of aliphatic hydroxyl groups is 1. The van der Waals surface area contributed by atoms with Gasteiger partial charge in [-0.2, -0.15) is 0 Å². The van der Waals surface area contributed by atoms with Crippen molar-refractivity contribution in [2.24, 2.45) is 85.5 Å². The highest BCUT2D eigenvalue weighted by Crippen LogP contribution is 2.70. The monoisotopic (exact) mass is 1110 g/mol. The van der Waals surface area contributed by atoms with Crippen LogP contribution >= 0.6 is 0 Å². The molecule has 11 saturated carbocycles. The van der Waals surface area contributed by atoms with Gasteiger partial charge in [0, 0.05) is 18.3 Å². The van der Waals surface area contributed by atoms with Gasteiger partial charge in [0.1, 0.15) is 35.6 Å². The highest BCUT2D eigenvalue weighted by Gasteiger charge is 2.80. The second kappa shape index (κ2) is 20.2. The van der Waals surface area contributed by atoms with Gasteiger partial charge in [-0.1, -0.05) is 12.1 Å². The zero-order valence-corrected chi connectivity index (χ0v) is 48.9. The molecule has 1 heterocycles. The Hall–Kier alpha value is -4.32. The predicted molar refractivity (Wildman–Crippen MR) is 284 cm³/mol. The zero-order chi connectivity index (χ0) is 57.1. The molecular formula is C61H90N2O16. The lowest BCUT2D eigenvalue weighted by Gasteiger charge is -2.63. The van der Waals surface area contributed by atoms with E-state index in [1.165, 1.54) is 34.6 Å². The van der Waals surface area contributed by atoms with Crippen LogP contribution in [0.25, 0.3) is 0 Å². The fraction of sp³-hybridized carbons (Fsp3) is 0.869. The summed E-state index contributed by atoms with van der Waals surface area (Å²) in [5.74, 6) is -4.70. The van der Waals surface area contributed by atoms with E-state index in [0.717, 1.165) is 64.2 Å². The van der Waals surface area contributed by atoms with Gasteiger partial charge in [-0.05, 0) is 214 Å². The molecule has 11 aliphatic carbocycles. The number of oxime groups is 1. The summed E-state index contributed by atoms with van der Waals surface area (Å²) in [6.45, 7) is 17.0. The predicted octanol–water partition coefficient (Wildman–Crippen LogP) is 8.88.